The van der Waals surface area contributed by atoms with Crippen LogP contribution in [0.15, 0.2) is 18.2 Å². The number of ether oxygens (including phenoxy) is 1. The Morgan fingerprint density at radius 1 is 1.53 bits per heavy atom. The molecule has 0 aliphatic carbocycles. The lowest BCUT2D eigenvalue weighted by atomic mass is 10.1. The lowest BCUT2D eigenvalue weighted by molar-refractivity contribution is 0.0692. The Kier molecular flexibility index (Phi) is 5.76. The van der Waals surface area contributed by atoms with Crippen LogP contribution in [0.4, 0.5) is 10.1 Å². The van der Waals surface area contributed by atoms with Crippen molar-refractivity contribution in [1.82, 2.24) is 0 Å². The van der Waals surface area contributed by atoms with E-state index < -0.39 is 11.8 Å². The zero-order chi connectivity index (χ0) is 14.3. The number of carboxylic acid groups (broad SMARTS) is 1. The van der Waals surface area contributed by atoms with Gasteiger partial charge < -0.3 is 14.7 Å². The van der Waals surface area contributed by atoms with Gasteiger partial charge in [-0.25, -0.2) is 9.18 Å². The molecule has 0 radical (unpaired) electrons. The minimum absolute atomic E-state index is 0.222. The number of carboxylic acids is 1. The summed E-state index contributed by atoms with van der Waals surface area (Å²) >= 11 is 0. The maximum Gasteiger partial charge on any atom is 0.340 e. The molecule has 5 nitrogen and oxygen atoms in total. The molecular formula is C13H15FN2O3. The fourth-order valence-electron chi connectivity index (χ4n) is 1.73. The summed E-state index contributed by atoms with van der Waals surface area (Å²) in [6, 6.07) is 6.06. The second kappa shape index (κ2) is 7.34. The first-order valence-electron chi connectivity index (χ1n) is 5.74. The van der Waals surface area contributed by atoms with Crippen LogP contribution in [0, 0.1) is 17.1 Å². The van der Waals surface area contributed by atoms with E-state index in [1.807, 2.05) is 6.07 Å². The van der Waals surface area contributed by atoms with E-state index in [0.717, 1.165) is 6.07 Å². The van der Waals surface area contributed by atoms with Gasteiger partial charge in [0.25, 0.3) is 0 Å². The summed E-state index contributed by atoms with van der Waals surface area (Å²) < 4.78 is 18.5. The Hall–Kier alpha value is -2.13. The summed E-state index contributed by atoms with van der Waals surface area (Å²) in [5, 5.41) is 17.7. The summed E-state index contributed by atoms with van der Waals surface area (Å²) in [7, 11) is 1.52. The second-order valence-electron chi connectivity index (χ2n) is 3.83. The molecular weight excluding hydrogens is 251 g/mol. The number of hydrogen-bond donors (Lipinski definition) is 1. The van der Waals surface area contributed by atoms with Crippen molar-refractivity contribution in [3.8, 4) is 6.07 Å². The number of benzene rings is 1. The third-order valence-corrected chi connectivity index (χ3v) is 2.61. The van der Waals surface area contributed by atoms with Crippen LogP contribution in [0.3, 0.4) is 0 Å². The molecule has 0 heterocycles. The lowest BCUT2D eigenvalue weighted by Crippen LogP contribution is -2.30. The maximum absolute atomic E-state index is 13.6. The number of halogens is 1. The summed E-state index contributed by atoms with van der Waals surface area (Å²) in [6.45, 7) is 1.08. The Labute approximate surface area is 110 Å². The van der Waals surface area contributed by atoms with Crippen LogP contribution in [0.2, 0.25) is 0 Å². The van der Waals surface area contributed by atoms with Crippen LogP contribution in [0.1, 0.15) is 16.8 Å². The van der Waals surface area contributed by atoms with Crippen LogP contribution in [-0.4, -0.2) is 37.9 Å². The molecule has 1 aromatic carbocycles. The van der Waals surface area contributed by atoms with Crippen molar-refractivity contribution >= 4 is 11.7 Å². The summed E-state index contributed by atoms with van der Waals surface area (Å²) in [4.78, 5) is 12.8. The average molecular weight is 266 g/mol. The van der Waals surface area contributed by atoms with Crippen molar-refractivity contribution in [2.75, 3.05) is 31.7 Å². The van der Waals surface area contributed by atoms with Gasteiger partial charge in [0.1, 0.15) is 11.4 Å². The summed E-state index contributed by atoms with van der Waals surface area (Å²) in [5.41, 5.74) is -0.114. The minimum Gasteiger partial charge on any atom is -0.478 e. The van der Waals surface area contributed by atoms with E-state index in [1.165, 1.54) is 19.2 Å². The molecule has 0 fully saturated rings. The number of anilines is 1. The van der Waals surface area contributed by atoms with Crippen molar-refractivity contribution in [3.05, 3.63) is 29.6 Å². The van der Waals surface area contributed by atoms with Gasteiger partial charge in [0, 0.05) is 20.2 Å². The van der Waals surface area contributed by atoms with E-state index in [9.17, 15) is 9.18 Å². The van der Waals surface area contributed by atoms with Crippen LogP contribution < -0.4 is 4.90 Å². The maximum atomic E-state index is 13.6. The normalized spacial score (nSPS) is 9.95. The van der Waals surface area contributed by atoms with E-state index in [2.05, 4.69) is 0 Å². The number of nitriles is 1. The van der Waals surface area contributed by atoms with Crippen LogP contribution in [0.5, 0.6) is 0 Å². The highest BCUT2D eigenvalue weighted by Crippen LogP contribution is 2.23. The molecule has 0 aliphatic heterocycles. The van der Waals surface area contributed by atoms with Gasteiger partial charge in [-0.05, 0) is 12.1 Å². The average Bonchev–Trinajstić information content (AvgIpc) is 2.38. The molecule has 0 spiro atoms. The number of carbonyl (C=O) groups is 1. The monoisotopic (exact) mass is 266 g/mol. The van der Waals surface area contributed by atoms with E-state index in [1.54, 1.807) is 4.90 Å². The van der Waals surface area contributed by atoms with E-state index in [4.69, 9.17) is 15.1 Å². The van der Waals surface area contributed by atoms with Gasteiger partial charge in [-0.2, -0.15) is 5.26 Å². The largest absolute Gasteiger partial charge is 0.478 e. The Morgan fingerprint density at radius 3 is 2.84 bits per heavy atom. The number of aromatic carboxylic acids is 1. The zero-order valence-corrected chi connectivity index (χ0v) is 10.6. The fraction of sp³-hybridized carbons (Fsp3) is 0.385. The lowest BCUT2D eigenvalue weighted by Gasteiger charge is -2.25. The van der Waals surface area contributed by atoms with E-state index in [0.29, 0.717) is 19.7 Å². The van der Waals surface area contributed by atoms with Crippen molar-refractivity contribution < 1.29 is 19.0 Å². The number of rotatable bonds is 7. The smallest absolute Gasteiger partial charge is 0.340 e. The molecule has 0 amide bonds. The third kappa shape index (κ3) is 3.93. The van der Waals surface area contributed by atoms with E-state index in [-0.39, 0.29) is 17.7 Å². The van der Waals surface area contributed by atoms with Gasteiger partial charge in [-0.3, -0.25) is 0 Å². The molecule has 0 atom stereocenters. The number of hydrogen-bond acceptors (Lipinski definition) is 4. The van der Waals surface area contributed by atoms with Crippen molar-refractivity contribution in [1.29, 1.82) is 5.26 Å². The molecule has 1 rings (SSSR count). The first-order valence-corrected chi connectivity index (χ1v) is 5.74. The molecule has 102 valence electrons. The SMILES string of the molecule is COCCN(CCC#N)c1cccc(F)c1C(=O)O. The summed E-state index contributed by atoms with van der Waals surface area (Å²) in [5.74, 6) is -2.11. The Balaban J connectivity index is 3.10. The van der Waals surface area contributed by atoms with Gasteiger partial charge in [-0.1, -0.05) is 6.07 Å². The first-order chi connectivity index (χ1) is 9.11. The molecule has 19 heavy (non-hydrogen) atoms. The predicted octanol–water partition coefficient (Wildman–Crippen LogP) is 1.89. The van der Waals surface area contributed by atoms with E-state index >= 15 is 0 Å². The van der Waals surface area contributed by atoms with Crippen molar-refractivity contribution in [3.63, 3.8) is 0 Å². The van der Waals surface area contributed by atoms with Crippen LogP contribution in [-0.2, 0) is 4.74 Å². The highest BCUT2D eigenvalue weighted by Gasteiger charge is 2.19. The highest BCUT2D eigenvalue weighted by atomic mass is 19.1. The minimum atomic E-state index is -1.33. The van der Waals surface area contributed by atoms with Gasteiger partial charge in [0.2, 0.25) is 0 Å². The topological polar surface area (TPSA) is 73.6 Å². The predicted molar refractivity (Wildman–Crippen MR) is 67.7 cm³/mol. The third-order valence-electron chi connectivity index (χ3n) is 2.61. The second-order valence-corrected chi connectivity index (χ2v) is 3.83. The van der Waals surface area contributed by atoms with Crippen molar-refractivity contribution in [2.45, 2.75) is 6.42 Å². The standard InChI is InChI=1S/C13H15FN2O3/c1-19-9-8-16(7-3-6-15)11-5-2-4-10(14)12(11)13(17)18/h2,4-5H,3,7-9H2,1H3,(H,17,18). The van der Waals surface area contributed by atoms with Gasteiger partial charge in [-0.15, -0.1) is 0 Å². The Bertz CT molecular complexity index is 485. The summed E-state index contributed by atoms with van der Waals surface area (Å²) in [6.07, 6.45) is 0.222. The van der Waals surface area contributed by atoms with Gasteiger partial charge >= 0.3 is 5.97 Å². The van der Waals surface area contributed by atoms with Crippen molar-refractivity contribution in [2.24, 2.45) is 0 Å². The highest BCUT2D eigenvalue weighted by molar-refractivity contribution is 5.94. The van der Waals surface area contributed by atoms with Gasteiger partial charge in [0.15, 0.2) is 0 Å². The quantitative estimate of drug-likeness (QED) is 0.815. The number of methoxy groups -OCH3 is 1. The molecule has 0 unspecified atom stereocenters. The molecule has 0 saturated heterocycles. The molecule has 0 aromatic heterocycles. The first kappa shape index (κ1) is 14.9. The zero-order valence-electron chi connectivity index (χ0n) is 10.6. The molecule has 6 heteroatoms. The molecule has 0 saturated carbocycles. The molecule has 0 aliphatic rings. The Morgan fingerprint density at radius 2 is 2.26 bits per heavy atom. The van der Waals surface area contributed by atoms with Crippen LogP contribution >= 0.6 is 0 Å². The molecule has 1 N–H and O–H groups in total. The fourth-order valence-corrected chi connectivity index (χ4v) is 1.73. The molecule has 0 bridgehead atoms. The van der Waals surface area contributed by atoms with Crippen LogP contribution in [0.25, 0.3) is 0 Å². The number of nitrogens with zero attached hydrogens (tertiary/aromatic N) is 2. The van der Waals surface area contributed by atoms with Gasteiger partial charge in [0.05, 0.1) is 24.8 Å². The molecule has 1 aromatic rings.